The molecule has 33 heavy (non-hydrogen) atoms. The molecule has 0 aliphatic heterocycles. The van der Waals surface area contributed by atoms with E-state index >= 15 is 0 Å². The molecule has 1 amide bonds. The van der Waals surface area contributed by atoms with Gasteiger partial charge in [0.1, 0.15) is 6.54 Å². The second kappa shape index (κ2) is 9.99. The van der Waals surface area contributed by atoms with Crippen molar-refractivity contribution < 1.29 is 13.2 Å². The summed E-state index contributed by atoms with van der Waals surface area (Å²) in [5, 5.41) is 5.07. The van der Waals surface area contributed by atoms with Gasteiger partial charge >= 0.3 is 0 Å². The van der Waals surface area contributed by atoms with Crippen molar-refractivity contribution in [1.29, 1.82) is 0 Å². The second-order valence-corrected chi connectivity index (χ2v) is 10.4. The van der Waals surface area contributed by atoms with E-state index in [2.05, 4.69) is 10.5 Å². The quantitative estimate of drug-likeness (QED) is 0.374. The summed E-state index contributed by atoms with van der Waals surface area (Å²) in [6.45, 7) is 5.24. The summed E-state index contributed by atoms with van der Waals surface area (Å²) in [6, 6.07) is 14.2. The highest BCUT2D eigenvalue weighted by molar-refractivity contribution is 7.92. The first kappa shape index (κ1) is 24.8. The molecule has 0 saturated carbocycles. The lowest BCUT2D eigenvalue weighted by Crippen LogP contribution is -2.39. The van der Waals surface area contributed by atoms with Gasteiger partial charge in [0, 0.05) is 32.7 Å². The number of aryl methyl sites for hydroxylation is 2. The number of aromatic nitrogens is 1. The summed E-state index contributed by atoms with van der Waals surface area (Å²) in [5.74, 6) is -0.560. The molecule has 3 rings (SSSR count). The Morgan fingerprint density at radius 3 is 2.33 bits per heavy atom. The number of para-hydroxylation sites is 1. The van der Waals surface area contributed by atoms with Crippen LogP contribution < -0.4 is 9.73 Å². The molecule has 3 aromatic rings. The van der Waals surface area contributed by atoms with Gasteiger partial charge in [0.25, 0.3) is 5.91 Å². The van der Waals surface area contributed by atoms with Crippen LogP contribution in [0.5, 0.6) is 0 Å². The van der Waals surface area contributed by atoms with Gasteiger partial charge in [0.15, 0.2) is 0 Å². The molecule has 0 bridgehead atoms. The van der Waals surface area contributed by atoms with E-state index in [4.69, 9.17) is 23.2 Å². The summed E-state index contributed by atoms with van der Waals surface area (Å²) in [4.78, 5) is 12.5. The minimum absolute atomic E-state index is 0.388. The lowest BCUT2D eigenvalue weighted by Gasteiger charge is -2.23. The number of anilines is 1. The number of benzene rings is 2. The molecule has 0 unspecified atom stereocenters. The third-order valence-electron chi connectivity index (χ3n) is 5.04. The number of rotatable bonds is 7. The first-order valence-electron chi connectivity index (χ1n) is 9.98. The maximum Gasteiger partial charge on any atom is 0.260 e. The molecule has 2 aromatic carbocycles. The Morgan fingerprint density at radius 2 is 1.73 bits per heavy atom. The van der Waals surface area contributed by atoms with Crippen molar-refractivity contribution in [2.45, 2.75) is 20.8 Å². The number of hydrazone groups is 1. The molecule has 0 aliphatic rings. The Kier molecular flexibility index (Phi) is 7.51. The molecular formula is C23H24Cl2N4O3S. The monoisotopic (exact) mass is 506 g/mol. The Hall–Kier alpha value is -2.81. The maximum absolute atomic E-state index is 12.5. The smallest absolute Gasteiger partial charge is 0.260 e. The van der Waals surface area contributed by atoms with Gasteiger partial charge < -0.3 is 4.57 Å². The highest BCUT2D eigenvalue weighted by atomic mass is 35.5. The molecule has 7 nitrogen and oxygen atoms in total. The standard InChI is InChI=1S/C23H24Cl2N4O3S/c1-15-7-5-6-8-22(15)28(33(4,31)32)14-23(30)27-26-13-18-9-16(2)29(17(18)3)21-11-19(24)10-20(25)12-21/h5-13H,14H2,1-4H3,(H,27,30)/b26-13-. The number of carbonyl (C=O) groups is 1. The Bertz CT molecular complexity index is 1310. The first-order chi connectivity index (χ1) is 15.5. The molecule has 0 fully saturated rings. The fourth-order valence-electron chi connectivity index (χ4n) is 3.55. The number of nitrogens with zero attached hydrogens (tertiary/aromatic N) is 3. The van der Waals surface area contributed by atoms with Crippen LogP contribution in [0.3, 0.4) is 0 Å². The van der Waals surface area contributed by atoms with Gasteiger partial charge in [0.05, 0.1) is 18.2 Å². The number of carbonyl (C=O) groups excluding carboxylic acids is 1. The van der Waals surface area contributed by atoms with E-state index in [1.54, 1.807) is 37.3 Å². The second-order valence-electron chi connectivity index (χ2n) is 7.64. The molecule has 174 valence electrons. The van der Waals surface area contributed by atoms with Gasteiger partial charge in [-0.1, -0.05) is 41.4 Å². The van der Waals surface area contributed by atoms with E-state index in [1.165, 1.54) is 6.21 Å². The van der Waals surface area contributed by atoms with Crippen LogP contribution in [-0.4, -0.2) is 37.9 Å². The fraction of sp³-hybridized carbons (Fsp3) is 0.217. The van der Waals surface area contributed by atoms with Gasteiger partial charge in [-0.3, -0.25) is 9.10 Å². The molecule has 0 radical (unpaired) electrons. The summed E-state index contributed by atoms with van der Waals surface area (Å²) < 4.78 is 27.6. The average Bonchev–Trinajstić information content (AvgIpc) is 2.98. The predicted octanol–water partition coefficient (Wildman–Crippen LogP) is 4.63. The number of nitrogens with one attached hydrogen (secondary N) is 1. The SMILES string of the molecule is Cc1ccccc1N(CC(=O)N/N=C\c1cc(C)n(-c2cc(Cl)cc(Cl)c2)c1C)S(C)(=O)=O. The Labute approximate surface area is 203 Å². The molecule has 1 aromatic heterocycles. The van der Waals surface area contributed by atoms with Crippen molar-refractivity contribution in [3.8, 4) is 5.69 Å². The molecule has 0 aliphatic carbocycles. The van der Waals surface area contributed by atoms with E-state index in [0.717, 1.165) is 38.8 Å². The zero-order chi connectivity index (χ0) is 24.3. The third kappa shape index (κ3) is 5.96. The van der Waals surface area contributed by atoms with Crippen LogP contribution in [0, 0.1) is 20.8 Å². The molecule has 0 saturated heterocycles. The van der Waals surface area contributed by atoms with Crippen LogP contribution in [0.2, 0.25) is 10.0 Å². The normalized spacial score (nSPS) is 11.7. The largest absolute Gasteiger partial charge is 0.318 e. The van der Waals surface area contributed by atoms with Crippen LogP contribution in [0.25, 0.3) is 5.69 Å². The fourth-order valence-corrected chi connectivity index (χ4v) is 4.98. The van der Waals surface area contributed by atoms with Crippen LogP contribution in [-0.2, 0) is 14.8 Å². The highest BCUT2D eigenvalue weighted by Gasteiger charge is 2.22. The summed E-state index contributed by atoms with van der Waals surface area (Å²) >= 11 is 12.3. The van der Waals surface area contributed by atoms with Crippen molar-refractivity contribution >= 4 is 51.0 Å². The molecule has 0 atom stereocenters. The van der Waals surface area contributed by atoms with Crippen molar-refractivity contribution in [2.24, 2.45) is 5.10 Å². The number of hydrogen-bond acceptors (Lipinski definition) is 4. The Morgan fingerprint density at radius 1 is 1.09 bits per heavy atom. The van der Waals surface area contributed by atoms with Gasteiger partial charge in [-0.05, 0) is 56.7 Å². The minimum atomic E-state index is -3.66. The number of halogens is 2. The predicted molar refractivity (Wildman–Crippen MR) is 134 cm³/mol. The molecule has 1 N–H and O–H groups in total. The third-order valence-corrected chi connectivity index (χ3v) is 6.60. The van der Waals surface area contributed by atoms with Crippen LogP contribution >= 0.6 is 23.2 Å². The van der Waals surface area contributed by atoms with Crippen molar-refractivity contribution in [1.82, 2.24) is 9.99 Å². The van der Waals surface area contributed by atoms with Gasteiger partial charge in [-0.2, -0.15) is 5.10 Å². The van der Waals surface area contributed by atoms with Crippen molar-refractivity contribution in [2.75, 3.05) is 17.1 Å². The van der Waals surface area contributed by atoms with Crippen molar-refractivity contribution in [3.63, 3.8) is 0 Å². The first-order valence-corrected chi connectivity index (χ1v) is 12.6. The lowest BCUT2D eigenvalue weighted by atomic mass is 10.2. The van der Waals surface area contributed by atoms with Gasteiger partial charge in [-0.25, -0.2) is 13.8 Å². The average molecular weight is 507 g/mol. The zero-order valence-corrected chi connectivity index (χ0v) is 21.0. The summed E-state index contributed by atoms with van der Waals surface area (Å²) in [7, 11) is -3.66. The highest BCUT2D eigenvalue weighted by Crippen LogP contribution is 2.26. The number of amides is 1. The van der Waals surface area contributed by atoms with Gasteiger partial charge in [0.2, 0.25) is 10.0 Å². The Balaban J connectivity index is 1.77. The van der Waals surface area contributed by atoms with Crippen LogP contribution in [0.4, 0.5) is 5.69 Å². The van der Waals surface area contributed by atoms with E-state index in [-0.39, 0.29) is 6.54 Å². The number of hydrogen-bond donors (Lipinski definition) is 1. The minimum Gasteiger partial charge on any atom is -0.318 e. The van der Waals surface area contributed by atoms with Crippen molar-refractivity contribution in [3.05, 3.63) is 81.1 Å². The van der Waals surface area contributed by atoms with E-state index < -0.39 is 15.9 Å². The molecule has 10 heteroatoms. The number of sulfonamides is 1. The molecule has 0 spiro atoms. The molecule has 1 heterocycles. The van der Waals surface area contributed by atoms with Gasteiger partial charge in [-0.15, -0.1) is 0 Å². The van der Waals surface area contributed by atoms with Crippen LogP contribution in [0.1, 0.15) is 22.5 Å². The maximum atomic E-state index is 12.5. The molecular weight excluding hydrogens is 483 g/mol. The topological polar surface area (TPSA) is 83.8 Å². The van der Waals surface area contributed by atoms with E-state index in [0.29, 0.717) is 15.7 Å². The van der Waals surface area contributed by atoms with E-state index in [1.807, 2.05) is 36.6 Å². The summed E-state index contributed by atoms with van der Waals surface area (Å²) in [6.07, 6.45) is 2.58. The lowest BCUT2D eigenvalue weighted by molar-refractivity contribution is -0.119. The van der Waals surface area contributed by atoms with E-state index in [9.17, 15) is 13.2 Å². The zero-order valence-electron chi connectivity index (χ0n) is 18.6. The van der Waals surface area contributed by atoms with Crippen LogP contribution in [0.15, 0.2) is 53.6 Å². The summed E-state index contributed by atoms with van der Waals surface area (Å²) in [5.41, 5.74) is 7.00.